The maximum absolute atomic E-state index is 12.1. The second-order valence-corrected chi connectivity index (χ2v) is 4.96. The smallest absolute Gasteiger partial charge is 0.253 e. The molecule has 0 fully saturated rings. The molecule has 0 aliphatic carbocycles. The molecule has 0 aliphatic heterocycles. The molecule has 0 aliphatic rings. The normalized spacial score (nSPS) is 13.9. The van der Waals surface area contributed by atoms with Crippen molar-refractivity contribution in [3.63, 3.8) is 0 Å². The molecule has 0 radical (unpaired) electrons. The molecule has 0 saturated carbocycles. The molecule has 5 heteroatoms. The Labute approximate surface area is 113 Å². The van der Waals surface area contributed by atoms with Gasteiger partial charge in [-0.1, -0.05) is 12.1 Å². The summed E-state index contributed by atoms with van der Waals surface area (Å²) in [6.45, 7) is 4.08. The number of ether oxygens (including phenoxy) is 1. The first-order valence-electron chi connectivity index (χ1n) is 6.22. The van der Waals surface area contributed by atoms with Gasteiger partial charge in [0.1, 0.15) is 0 Å². The van der Waals surface area contributed by atoms with E-state index in [1.807, 2.05) is 13.0 Å². The van der Waals surface area contributed by atoms with E-state index in [1.54, 1.807) is 26.2 Å². The van der Waals surface area contributed by atoms with Crippen molar-refractivity contribution in [1.82, 2.24) is 5.32 Å². The van der Waals surface area contributed by atoms with Crippen LogP contribution >= 0.6 is 0 Å². The lowest BCUT2D eigenvalue weighted by atomic mass is 10.0. The zero-order chi connectivity index (χ0) is 14.5. The molecule has 1 rings (SSSR count). The Hall–Kier alpha value is -1.59. The summed E-state index contributed by atoms with van der Waals surface area (Å²) < 4.78 is 4.91. The van der Waals surface area contributed by atoms with Crippen LogP contribution in [0.4, 0.5) is 5.69 Å². The fourth-order valence-corrected chi connectivity index (χ4v) is 1.77. The number of benzene rings is 1. The van der Waals surface area contributed by atoms with Crippen LogP contribution < -0.4 is 11.1 Å². The first-order chi connectivity index (χ1) is 8.87. The van der Waals surface area contributed by atoms with E-state index >= 15 is 0 Å². The van der Waals surface area contributed by atoms with E-state index in [4.69, 9.17) is 10.5 Å². The lowest BCUT2D eigenvalue weighted by Gasteiger charge is -2.23. The highest BCUT2D eigenvalue weighted by Gasteiger charge is 2.22. The number of nitrogen functional groups attached to an aromatic ring is 1. The first-order valence-corrected chi connectivity index (χ1v) is 6.22. The molecular weight excluding hydrogens is 244 g/mol. The van der Waals surface area contributed by atoms with Crippen LogP contribution in [0, 0.1) is 6.92 Å². The number of nitrogens with one attached hydrogen (secondary N) is 1. The molecule has 19 heavy (non-hydrogen) atoms. The number of amides is 1. The molecule has 1 unspecified atom stereocenters. The number of carbonyl (C=O) groups is 1. The van der Waals surface area contributed by atoms with Crippen LogP contribution in [0.5, 0.6) is 0 Å². The third-order valence-electron chi connectivity index (χ3n) is 3.01. The van der Waals surface area contributed by atoms with Crippen molar-refractivity contribution in [3.05, 3.63) is 29.3 Å². The average Bonchev–Trinajstić information content (AvgIpc) is 2.34. The standard InChI is InChI=1S/C14H22N2O3/c1-10-5-4-6-11(15)12(10)13(17)16-9-14(2,18)7-8-19-3/h4-6,18H,7-9,15H2,1-3H3,(H,16,17). The van der Waals surface area contributed by atoms with Crippen LogP contribution in [0.25, 0.3) is 0 Å². The monoisotopic (exact) mass is 266 g/mol. The Morgan fingerprint density at radius 2 is 2.21 bits per heavy atom. The summed E-state index contributed by atoms with van der Waals surface area (Å²) in [6.07, 6.45) is 0.451. The number of methoxy groups -OCH3 is 1. The van der Waals surface area contributed by atoms with Crippen molar-refractivity contribution < 1.29 is 14.6 Å². The van der Waals surface area contributed by atoms with Gasteiger partial charge >= 0.3 is 0 Å². The predicted octanol–water partition coefficient (Wildman–Crippen LogP) is 1.09. The number of carbonyl (C=O) groups excluding carboxylic acids is 1. The zero-order valence-corrected chi connectivity index (χ0v) is 11.7. The van der Waals surface area contributed by atoms with E-state index in [-0.39, 0.29) is 12.5 Å². The highest BCUT2D eigenvalue weighted by Crippen LogP contribution is 2.16. The van der Waals surface area contributed by atoms with Crippen LogP contribution in [0.1, 0.15) is 29.3 Å². The van der Waals surface area contributed by atoms with E-state index in [0.717, 1.165) is 5.56 Å². The summed E-state index contributed by atoms with van der Waals surface area (Å²) in [6, 6.07) is 5.31. The van der Waals surface area contributed by atoms with Crippen molar-refractivity contribution in [3.8, 4) is 0 Å². The molecule has 1 amide bonds. The molecule has 4 N–H and O–H groups in total. The number of anilines is 1. The lowest BCUT2D eigenvalue weighted by molar-refractivity contribution is 0.0243. The van der Waals surface area contributed by atoms with Gasteiger partial charge < -0.3 is 20.9 Å². The van der Waals surface area contributed by atoms with Crippen molar-refractivity contribution >= 4 is 11.6 Å². The number of hydrogen-bond donors (Lipinski definition) is 3. The minimum Gasteiger partial charge on any atom is -0.398 e. The van der Waals surface area contributed by atoms with E-state index in [0.29, 0.717) is 24.3 Å². The molecule has 0 spiro atoms. The number of hydrogen-bond acceptors (Lipinski definition) is 4. The van der Waals surface area contributed by atoms with Crippen LogP contribution in [0.2, 0.25) is 0 Å². The van der Waals surface area contributed by atoms with E-state index < -0.39 is 5.60 Å². The van der Waals surface area contributed by atoms with Crippen molar-refractivity contribution in [2.24, 2.45) is 0 Å². The molecule has 1 aromatic carbocycles. The van der Waals surface area contributed by atoms with Crippen molar-refractivity contribution in [2.45, 2.75) is 25.9 Å². The summed E-state index contributed by atoms with van der Waals surface area (Å²) in [5.41, 5.74) is 6.52. The Kier molecular flexibility index (Phi) is 5.32. The number of nitrogens with two attached hydrogens (primary N) is 1. The number of aliphatic hydroxyl groups is 1. The minimum absolute atomic E-state index is 0.156. The summed E-state index contributed by atoms with van der Waals surface area (Å²) in [5, 5.41) is 12.8. The Morgan fingerprint density at radius 3 is 2.79 bits per heavy atom. The lowest BCUT2D eigenvalue weighted by Crippen LogP contribution is -2.41. The van der Waals surface area contributed by atoms with Gasteiger partial charge in [0.15, 0.2) is 0 Å². The van der Waals surface area contributed by atoms with Gasteiger partial charge in [0, 0.05) is 32.4 Å². The topological polar surface area (TPSA) is 84.6 Å². The largest absolute Gasteiger partial charge is 0.398 e. The molecule has 0 saturated heterocycles. The van der Waals surface area contributed by atoms with Crippen LogP contribution in [-0.2, 0) is 4.74 Å². The van der Waals surface area contributed by atoms with Crippen LogP contribution in [0.3, 0.4) is 0 Å². The molecular formula is C14H22N2O3. The number of aryl methyl sites for hydroxylation is 1. The van der Waals surface area contributed by atoms with E-state index in [2.05, 4.69) is 5.32 Å². The van der Waals surface area contributed by atoms with Gasteiger partial charge in [-0.05, 0) is 25.5 Å². The maximum atomic E-state index is 12.1. The fraction of sp³-hybridized carbons (Fsp3) is 0.500. The zero-order valence-electron chi connectivity index (χ0n) is 11.7. The van der Waals surface area contributed by atoms with Crippen LogP contribution in [0.15, 0.2) is 18.2 Å². The molecule has 1 atom stereocenters. The predicted molar refractivity (Wildman–Crippen MR) is 75.0 cm³/mol. The van der Waals surface area contributed by atoms with Gasteiger partial charge in [-0.15, -0.1) is 0 Å². The maximum Gasteiger partial charge on any atom is 0.253 e. The van der Waals surface area contributed by atoms with Gasteiger partial charge in [-0.2, -0.15) is 0 Å². The highest BCUT2D eigenvalue weighted by atomic mass is 16.5. The molecule has 1 aromatic rings. The fourth-order valence-electron chi connectivity index (χ4n) is 1.77. The average molecular weight is 266 g/mol. The van der Waals surface area contributed by atoms with E-state index in [9.17, 15) is 9.90 Å². The Balaban J connectivity index is 2.66. The summed E-state index contributed by atoms with van der Waals surface area (Å²) in [7, 11) is 1.57. The van der Waals surface area contributed by atoms with Gasteiger partial charge in [0.25, 0.3) is 5.91 Å². The Bertz CT molecular complexity index is 424. The summed E-state index contributed by atoms with van der Waals surface area (Å²) in [4.78, 5) is 12.1. The first kappa shape index (κ1) is 15.5. The third-order valence-corrected chi connectivity index (χ3v) is 3.01. The highest BCUT2D eigenvalue weighted by molar-refractivity contribution is 6.00. The SMILES string of the molecule is COCCC(C)(O)CNC(=O)c1c(C)cccc1N. The second-order valence-electron chi connectivity index (χ2n) is 4.96. The molecule has 0 aromatic heterocycles. The number of rotatable bonds is 6. The third kappa shape index (κ3) is 4.54. The van der Waals surface area contributed by atoms with Gasteiger partial charge in [0.2, 0.25) is 0 Å². The van der Waals surface area contributed by atoms with Crippen molar-refractivity contribution in [2.75, 3.05) is 26.0 Å². The van der Waals surface area contributed by atoms with Crippen molar-refractivity contribution in [1.29, 1.82) is 0 Å². The van der Waals surface area contributed by atoms with Crippen LogP contribution in [-0.4, -0.2) is 36.9 Å². The Morgan fingerprint density at radius 1 is 1.53 bits per heavy atom. The van der Waals surface area contributed by atoms with Gasteiger partial charge in [-0.25, -0.2) is 0 Å². The molecule has 5 nitrogen and oxygen atoms in total. The summed E-state index contributed by atoms with van der Waals surface area (Å²) in [5.74, 6) is -0.270. The summed E-state index contributed by atoms with van der Waals surface area (Å²) >= 11 is 0. The van der Waals surface area contributed by atoms with E-state index in [1.165, 1.54) is 0 Å². The molecule has 0 heterocycles. The molecule has 0 bridgehead atoms. The molecule has 106 valence electrons. The second kappa shape index (κ2) is 6.54. The van der Waals surface area contributed by atoms with Gasteiger partial charge in [0.05, 0.1) is 11.2 Å². The quantitative estimate of drug-likeness (QED) is 0.673. The van der Waals surface area contributed by atoms with Gasteiger partial charge in [-0.3, -0.25) is 4.79 Å². The minimum atomic E-state index is -0.997.